The van der Waals surface area contributed by atoms with Crippen molar-refractivity contribution in [1.29, 1.82) is 0 Å². The molecule has 1 aromatic rings. The number of hydrogen-bond donors (Lipinski definition) is 0. The van der Waals surface area contributed by atoms with Crippen LogP contribution < -0.4 is 0 Å². The Balaban J connectivity index is 2.17. The van der Waals surface area contributed by atoms with E-state index in [-0.39, 0.29) is 31.3 Å². The summed E-state index contributed by atoms with van der Waals surface area (Å²) in [5, 5.41) is 0. The van der Waals surface area contributed by atoms with Crippen LogP contribution in [0.1, 0.15) is 5.56 Å². The van der Waals surface area contributed by atoms with E-state index in [4.69, 9.17) is 8.92 Å². The molecule has 0 amide bonds. The molecule has 0 radical (unpaired) electrons. The van der Waals surface area contributed by atoms with Crippen LogP contribution in [0.3, 0.4) is 0 Å². The summed E-state index contributed by atoms with van der Waals surface area (Å²) in [7, 11) is -3.85. The molecule has 0 aliphatic carbocycles. The number of benzene rings is 1. The second-order valence-corrected chi connectivity index (χ2v) is 5.98. The zero-order valence-corrected chi connectivity index (χ0v) is 12.7. The van der Waals surface area contributed by atoms with Crippen LogP contribution in [0.15, 0.2) is 29.2 Å². The molecular formula is C13H17F3O5S. The van der Waals surface area contributed by atoms with Crippen LogP contribution in [-0.4, -0.2) is 47.6 Å². The minimum Gasteiger partial charge on any atom is -0.377 e. The number of halogens is 3. The lowest BCUT2D eigenvalue weighted by Gasteiger charge is -2.08. The van der Waals surface area contributed by atoms with Crippen molar-refractivity contribution in [2.45, 2.75) is 18.0 Å². The van der Waals surface area contributed by atoms with Gasteiger partial charge in [-0.15, -0.1) is 0 Å². The maximum atomic E-state index is 11.8. The molecule has 0 aliphatic rings. The van der Waals surface area contributed by atoms with Gasteiger partial charge in [0.25, 0.3) is 10.1 Å². The maximum Gasteiger partial charge on any atom is 0.411 e. The van der Waals surface area contributed by atoms with Crippen molar-refractivity contribution in [3.05, 3.63) is 29.8 Å². The molecule has 0 aromatic heterocycles. The van der Waals surface area contributed by atoms with Crippen molar-refractivity contribution >= 4 is 10.1 Å². The first kappa shape index (κ1) is 18.9. The fourth-order valence-corrected chi connectivity index (χ4v) is 2.28. The van der Waals surface area contributed by atoms with Gasteiger partial charge in [-0.25, -0.2) is 0 Å². The first-order chi connectivity index (χ1) is 10.2. The van der Waals surface area contributed by atoms with Crippen molar-refractivity contribution in [2.75, 3.05) is 33.0 Å². The smallest absolute Gasteiger partial charge is 0.377 e. The summed E-state index contributed by atoms with van der Waals surface area (Å²) in [4.78, 5) is 0.0339. The summed E-state index contributed by atoms with van der Waals surface area (Å²) in [6.45, 7) is -0.120. The number of rotatable bonds is 9. The quantitative estimate of drug-likeness (QED) is 0.509. The highest BCUT2D eigenvalue weighted by atomic mass is 32.2. The minimum absolute atomic E-state index is 0.0339. The number of alkyl halides is 3. The Morgan fingerprint density at radius 3 is 2.09 bits per heavy atom. The monoisotopic (exact) mass is 342 g/mol. The highest BCUT2D eigenvalue weighted by Crippen LogP contribution is 2.14. The third kappa shape index (κ3) is 7.74. The molecule has 0 heterocycles. The van der Waals surface area contributed by atoms with Gasteiger partial charge in [-0.05, 0) is 19.1 Å². The van der Waals surface area contributed by atoms with Crippen LogP contribution in [0.25, 0.3) is 0 Å². The Labute approximate surface area is 127 Å². The Morgan fingerprint density at radius 1 is 0.955 bits per heavy atom. The van der Waals surface area contributed by atoms with Gasteiger partial charge in [0.1, 0.15) is 6.61 Å². The summed E-state index contributed by atoms with van der Waals surface area (Å²) in [6.07, 6.45) is -4.37. The first-order valence-corrected chi connectivity index (χ1v) is 7.80. The van der Waals surface area contributed by atoms with E-state index in [0.717, 1.165) is 5.56 Å². The van der Waals surface area contributed by atoms with Crippen LogP contribution in [0.5, 0.6) is 0 Å². The second-order valence-electron chi connectivity index (χ2n) is 4.37. The number of aryl methyl sites for hydroxylation is 1. The zero-order chi connectivity index (χ0) is 16.6. The highest BCUT2D eigenvalue weighted by molar-refractivity contribution is 7.86. The normalized spacial score (nSPS) is 12.5. The third-order valence-electron chi connectivity index (χ3n) is 2.41. The number of hydrogen-bond acceptors (Lipinski definition) is 5. The molecule has 5 nitrogen and oxygen atoms in total. The Kier molecular flexibility index (Phi) is 7.27. The summed E-state index contributed by atoms with van der Waals surface area (Å²) in [5.74, 6) is 0. The predicted octanol–water partition coefficient (Wildman–Crippen LogP) is 2.30. The third-order valence-corrected chi connectivity index (χ3v) is 3.74. The van der Waals surface area contributed by atoms with Crippen LogP contribution in [0.2, 0.25) is 0 Å². The van der Waals surface area contributed by atoms with Crippen molar-refractivity contribution in [2.24, 2.45) is 0 Å². The minimum atomic E-state index is -4.37. The molecule has 9 heteroatoms. The number of ether oxygens (including phenoxy) is 2. The molecule has 1 aromatic carbocycles. The van der Waals surface area contributed by atoms with Gasteiger partial charge in [0.15, 0.2) is 0 Å². The van der Waals surface area contributed by atoms with Gasteiger partial charge >= 0.3 is 6.18 Å². The van der Waals surface area contributed by atoms with Crippen molar-refractivity contribution in [3.8, 4) is 0 Å². The van der Waals surface area contributed by atoms with Crippen molar-refractivity contribution in [1.82, 2.24) is 0 Å². The van der Waals surface area contributed by atoms with Gasteiger partial charge < -0.3 is 9.47 Å². The van der Waals surface area contributed by atoms with E-state index in [1.807, 2.05) is 6.92 Å². The van der Waals surface area contributed by atoms with E-state index in [1.54, 1.807) is 12.1 Å². The standard InChI is InChI=1S/C13H17F3O5S/c1-11-2-4-12(5-3-11)22(17,18)21-9-8-19-6-7-20-10-13(14,15)16/h2-5H,6-10H2,1H3. The first-order valence-electron chi connectivity index (χ1n) is 6.39. The van der Waals surface area contributed by atoms with Gasteiger partial charge in [0, 0.05) is 0 Å². The van der Waals surface area contributed by atoms with Crippen LogP contribution in [0, 0.1) is 6.92 Å². The molecule has 0 bridgehead atoms. The van der Waals surface area contributed by atoms with E-state index in [9.17, 15) is 21.6 Å². The van der Waals surface area contributed by atoms with Gasteiger partial charge in [0.05, 0.1) is 31.3 Å². The fourth-order valence-electron chi connectivity index (χ4n) is 1.38. The van der Waals surface area contributed by atoms with Crippen molar-refractivity contribution in [3.63, 3.8) is 0 Å². The summed E-state index contributed by atoms with van der Waals surface area (Å²) < 4.78 is 72.8. The van der Waals surface area contributed by atoms with Crippen molar-refractivity contribution < 1.29 is 35.2 Å². The average molecular weight is 342 g/mol. The molecule has 22 heavy (non-hydrogen) atoms. The van der Waals surface area contributed by atoms with E-state index in [2.05, 4.69) is 4.74 Å². The lowest BCUT2D eigenvalue weighted by molar-refractivity contribution is -0.176. The molecule has 0 fully saturated rings. The lowest BCUT2D eigenvalue weighted by Crippen LogP contribution is -2.19. The lowest BCUT2D eigenvalue weighted by atomic mass is 10.2. The van der Waals surface area contributed by atoms with E-state index in [1.165, 1.54) is 12.1 Å². The molecule has 126 valence electrons. The predicted molar refractivity (Wildman–Crippen MR) is 72.0 cm³/mol. The summed E-state index contributed by atoms with van der Waals surface area (Å²) in [6, 6.07) is 6.14. The average Bonchev–Trinajstić information content (AvgIpc) is 2.41. The Morgan fingerprint density at radius 2 is 1.50 bits per heavy atom. The molecule has 1 rings (SSSR count). The fraction of sp³-hybridized carbons (Fsp3) is 0.538. The topological polar surface area (TPSA) is 61.8 Å². The van der Waals surface area contributed by atoms with Crippen LogP contribution in [-0.2, 0) is 23.8 Å². The summed E-state index contributed by atoms with van der Waals surface area (Å²) >= 11 is 0. The van der Waals surface area contributed by atoms with E-state index < -0.39 is 22.9 Å². The van der Waals surface area contributed by atoms with Gasteiger partial charge in [0.2, 0.25) is 0 Å². The Bertz CT molecular complexity index is 540. The van der Waals surface area contributed by atoms with Crippen LogP contribution in [0.4, 0.5) is 13.2 Å². The van der Waals surface area contributed by atoms with Gasteiger partial charge in [-0.1, -0.05) is 17.7 Å². The van der Waals surface area contributed by atoms with Crippen LogP contribution >= 0.6 is 0 Å². The van der Waals surface area contributed by atoms with Gasteiger partial charge in [-0.3, -0.25) is 4.18 Å². The van der Waals surface area contributed by atoms with Gasteiger partial charge in [-0.2, -0.15) is 21.6 Å². The molecule has 0 unspecified atom stereocenters. The Hall–Kier alpha value is -1.16. The largest absolute Gasteiger partial charge is 0.411 e. The summed E-state index contributed by atoms with van der Waals surface area (Å²) in [5.41, 5.74) is 0.918. The van der Waals surface area contributed by atoms with E-state index >= 15 is 0 Å². The highest BCUT2D eigenvalue weighted by Gasteiger charge is 2.27. The van der Waals surface area contributed by atoms with E-state index in [0.29, 0.717) is 0 Å². The molecule has 0 saturated heterocycles. The second kappa shape index (κ2) is 8.47. The molecule has 0 N–H and O–H groups in total. The molecule has 0 aliphatic heterocycles. The molecule has 0 atom stereocenters. The molecular weight excluding hydrogens is 325 g/mol. The molecule has 0 saturated carbocycles. The molecule has 0 spiro atoms. The zero-order valence-electron chi connectivity index (χ0n) is 11.9. The SMILES string of the molecule is Cc1ccc(S(=O)(=O)OCCOCCOCC(F)(F)F)cc1. The maximum absolute atomic E-state index is 11.8.